The van der Waals surface area contributed by atoms with Crippen LogP contribution in [0.2, 0.25) is 0 Å². The molecule has 4 rings (SSSR count). The Morgan fingerprint density at radius 1 is 1.12 bits per heavy atom. The third-order valence-corrected chi connectivity index (χ3v) is 5.83. The Hall–Kier alpha value is -3.81. The molecule has 33 heavy (non-hydrogen) atoms. The molecule has 3 aromatic rings. The van der Waals surface area contributed by atoms with E-state index in [1.807, 2.05) is 12.1 Å². The second-order valence-electron chi connectivity index (χ2n) is 7.86. The van der Waals surface area contributed by atoms with Crippen LogP contribution in [0.25, 0.3) is 0 Å². The third kappa shape index (κ3) is 5.16. The monoisotopic (exact) mass is 448 g/mol. The number of carbonyl (C=O) groups is 2. The topological polar surface area (TPSA) is 75.6 Å². The number of ether oxygens (including phenoxy) is 1. The summed E-state index contributed by atoms with van der Waals surface area (Å²) in [6, 6.07) is 13.8. The average Bonchev–Trinajstić information content (AvgIpc) is 2.87. The molecule has 2 amide bonds. The Bertz CT molecular complexity index is 1120. The molecule has 0 radical (unpaired) electrons. The molecule has 170 valence electrons. The van der Waals surface area contributed by atoms with E-state index in [1.54, 1.807) is 53.4 Å². The molecule has 8 heteroatoms. The van der Waals surface area contributed by atoms with Crippen molar-refractivity contribution in [3.8, 4) is 5.75 Å². The van der Waals surface area contributed by atoms with Crippen molar-refractivity contribution < 1.29 is 18.7 Å². The number of carbonyl (C=O) groups excluding carboxylic acids is 2. The number of halogens is 1. The number of amides is 2. The molecular weight excluding hydrogens is 423 g/mol. The van der Waals surface area contributed by atoms with Gasteiger partial charge >= 0.3 is 0 Å². The van der Waals surface area contributed by atoms with Crippen LogP contribution in [-0.2, 0) is 6.54 Å². The lowest BCUT2D eigenvalue weighted by molar-refractivity contribution is 0.0495. The van der Waals surface area contributed by atoms with Crippen molar-refractivity contribution in [2.45, 2.75) is 25.4 Å². The molecule has 1 aliphatic heterocycles. The zero-order chi connectivity index (χ0) is 23.2. The van der Waals surface area contributed by atoms with Gasteiger partial charge in [0.05, 0.1) is 31.1 Å². The van der Waals surface area contributed by atoms with Gasteiger partial charge in [-0.05, 0) is 49.2 Å². The van der Waals surface area contributed by atoms with Crippen LogP contribution in [-0.4, -0.2) is 57.8 Å². The standard InChI is InChI=1S/C25H25FN4O3/c1-33-21-7-4-5-18(15-21)24(31)29-13-9-20(10-14-29)30(17-19-6-2-3-11-28-19)25(32)22-8-12-27-16-23(22)26/h2-8,11-12,15-16,20H,9-10,13-14,17H2,1H3. The molecule has 0 bridgehead atoms. The minimum atomic E-state index is -0.654. The van der Waals surface area contributed by atoms with Crippen molar-refractivity contribution in [2.75, 3.05) is 20.2 Å². The van der Waals surface area contributed by atoms with Gasteiger partial charge in [0.2, 0.25) is 0 Å². The number of rotatable bonds is 6. The first-order chi connectivity index (χ1) is 16.1. The van der Waals surface area contributed by atoms with Gasteiger partial charge in [0, 0.05) is 37.1 Å². The third-order valence-electron chi connectivity index (χ3n) is 5.83. The number of benzene rings is 1. The first kappa shape index (κ1) is 22.4. The molecule has 1 aromatic carbocycles. The summed E-state index contributed by atoms with van der Waals surface area (Å²) in [5.41, 5.74) is 1.26. The quantitative estimate of drug-likeness (QED) is 0.576. The molecule has 0 saturated carbocycles. The van der Waals surface area contributed by atoms with Crippen LogP contribution in [0.15, 0.2) is 67.1 Å². The van der Waals surface area contributed by atoms with Crippen molar-refractivity contribution in [1.82, 2.24) is 19.8 Å². The van der Waals surface area contributed by atoms with E-state index in [9.17, 15) is 14.0 Å². The molecule has 7 nitrogen and oxygen atoms in total. The second kappa shape index (κ2) is 10.2. The van der Waals surface area contributed by atoms with Crippen LogP contribution < -0.4 is 4.74 Å². The van der Waals surface area contributed by atoms with E-state index in [0.717, 1.165) is 11.9 Å². The molecule has 1 saturated heterocycles. The lowest BCUT2D eigenvalue weighted by atomic mass is 10.0. The number of piperidine rings is 1. The van der Waals surface area contributed by atoms with Crippen LogP contribution in [0.4, 0.5) is 4.39 Å². The van der Waals surface area contributed by atoms with Crippen LogP contribution in [0.1, 0.15) is 39.3 Å². The second-order valence-corrected chi connectivity index (χ2v) is 7.86. The fourth-order valence-electron chi connectivity index (χ4n) is 4.06. The van der Waals surface area contributed by atoms with E-state index in [0.29, 0.717) is 37.2 Å². The van der Waals surface area contributed by atoms with Crippen molar-refractivity contribution >= 4 is 11.8 Å². The molecule has 3 heterocycles. The summed E-state index contributed by atoms with van der Waals surface area (Å²) in [6.07, 6.45) is 5.29. The molecule has 2 aromatic heterocycles. The van der Waals surface area contributed by atoms with Crippen LogP contribution in [0, 0.1) is 5.82 Å². The van der Waals surface area contributed by atoms with Crippen molar-refractivity contribution in [3.63, 3.8) is 0 Å². The number of hydrogen-bond donors (Lipinski definition) is 0. The van der Waals surface area contributed by atoms with E-state index >= 15 is 0 Å². The van der Waals surface area contributed by atoms with Crippen LogP contribution in [0.3, 0.4) is 0 Å². The largest absolute Gasteiger partial charge is 0.497 e. The summed E-state index contributed by atoms with van der Waals surface area (Å²) in [6.45, 7) is 1.24. The Morgan fingerprint density at radius 2 is 1.94 bits per heavy atom. The average molecular weight is 448 g/mol. The lowest BCUT2D eigenvalue weighted by Crippen LogP contribution is -2.48. The maximum absolute atomic E-state index is 14.3. The molecule has 1 aliphatic rings. The number of pyridine rings is 2. The van der Waals surface area contributed by atoms with Crippen LogP contribution in [0.5, 0.6) is 5.75 Å². The van der Waals surface area contributed by atoms with Gasteiger partial charge in [-0.1, -0.05) is 12.1 Å². The van der Waals surface area contributed by atoms with Gasteiger partial charge in [-0.25, -0.2) is 4.39 Å². The fourth-order valence-corrected chi connectivity index (χ4v) is 4.06. The first-order valence-electron chi connectivity index (χ1n) is 10.8. The SMILES string of the molecule is COc1cccc(C(=O)N2CCC(N(Cc3ccccn3)C(=O)c3ccncc3F)CC2)c1. The predicted octanol–water partition coefficient (Wildman–Crippen LogP) is 3.57. The number of likely N-dealkylation sites (tertiary alicyclic amines) is 1. The van der Waals surface area contributed by atoms with E-state index in [1.165, 1.54) is 12.3 Å². The van der Waals surface area contributed by atoms with Gasteiger partial charge in [-0.15, -0.1) is 0 Å². The Morgan fingerprint density at radius 3 is 2.64 bits per heavy atom. The zero-order valence-electron chi connectivity index (χ0n) is 18.4. The molecule has 0 N–H and O–H groups in total. The number of methoxy groups -OCH3 is 1. The van der Waals surface area contributed by atoms with Crippen molar-refractivity contribution in [3.05, 3.63) is 89.8 Å². The number of hydrogen-bond acceptors (Lipinski definition) is 5. The Balaban J connectivity index is 1.50. The summed E-state index contributed by atoms with van der Waals surface area (Å²) < 4.78 is 19.6. The first-order valence-corrected chi connectivity index (χ1v) is 10.8. The summed E-state index contributed by atoms with van der Waals surface area (Å²) in [7, 11) is 1.56. The number of nitrogens with zero attached hydrogens (tertiary/aromatic N) is 4. The highest BCUT2D eigenvalue weighted by Gasteiger charge is 2.32. The molecule has 1 fully saturated rings. The van der Waals surface area contributed by atoms with Gasteiger partial charge in [-0.2, -0.15) is 0 Å². The maximum atomic E-state index is 14.3. The minimum Gasteiger partial charge on any atom is -0.497 e. The van der Waals surface area contributed by atoms with Crippen molar-refractivity contribution in [1.29, 1.82) is 0 Å². The van der Waals surface area contributed by atoms with E-state index in [2.05, 4.69) is 9.97 Å². The molecule has 0 spiro atoms. The molecule has 0 unspecified atom stereocenters. The maximum Gasteiger partial charge on any atom is 0.257 e. The van der Waals surface area contributed by atoms with Crippen molar-refractivity contribution in [2.24, 2.45) is 0 Å². The molecule has 0 atom stereocenters. The van der Waals surface area contributed by atoms with Gasteiger partial charge < -0.3 is 14.5 Å². The summed E-state index contributed by atoms with van der Waals surface area (Å²) in [5.74, 6) is -0.505. The van der Waals surface area contributed by atoms with E-state index < -0.39 is 11.7 Å². The molecular formula is C25H25FN4O3. The predicted molar refractivity (Wildman–Crippen MR) is 120 cm³/mol. The number of aromatic nitrogens is 2. The molecule has 0 aliphatic carbocycles. The summed E-state index contributed by atoms with van der Waals surface area (Å²) >= 11 is 0. The normalized spacial score (nSPS) is 14.1. The highest BCUT2D eigenvalue weighted by molar-refractivity contribution is 5.95. The lowest BCUT2D eigenvalue weighted by Gasteiger charge is -2.38. The van der Waals surface area contributed by atoms with Gasteiger partial charge in [-0.3, -0.25) is 19.6 Å². The van der Waals surface area contributed by atoms with Gasteiger partial charge in [0.25, 0.3) is 11.8 Å². The Labute approximate surface area is 191 Å². The van der Waals surface area contributed by atoms with Gasteiger partial charge in [0.15, 0.2) is 5.82 Å². The smallest absolute Gasteiger partial charge is 0.257 e. The summed E-state index contributed by atoms with van der Waals surface area (Å²) in [4.78, 5) is 37.8. The Kier molecular flexibility index (Phi) is 6.92. The highest BCUT2D eigenvalue weighted by Crippen LogP contribution is 2.24. The fraction of sp³-hybridized carbons (Fsp3) is 0.280. The van der Waals surface area contributed by atoms with Gasteiger partial charge in [0.1, 0.15) is 5.75 Å². The minimum absolute atomic E-state index is 0.0178. The zero-order valence-corrected chi connectivity index (χ0v) is 18.4. The van der Waals surface area contributed by atoms with Crippen LogP contribution >= 0.6 is 0 Å². The van der Waals surface area contributed by atoms with E-state index in [-0.39, 0.29) is 24.1 Å². The van der Waals surface area contributed by atoms with E-state index in [4.69, 9.17) is 4.74 Å². The summed E-state index contributed by atoms with van der Waals surface area (Å²) in [5, 5.41) is 0. The highest BCUT2D eigenvalue weighted by atomic mass is 19.1.